The summed E-state index contributed by atoms with van der Waals surface area (Å²) in [5.41, 5.74) is 1.75. The molecular formula is C18H18FN3O2. The van der Waals surface area contributed by atoms with E-state index in [1.807, 2.05) is 13.8 Å². The molecule has 124 valence electrons. The molecule has 0 aliphatic heterocycles. The molecule has 0 atom stereocenters. The molecule has 1 aromatic carbocycles. The third-order valence-electron chi connectivity index (χ3n) is 3.78. The summed E-state index contributed by atoms with van der Waals surface area (Å²) in [7, 11) is 1.41. The minimum Gasteiger partial charge on any atom is -0.494 e. The molecular weight excluding hydrogens is 309 g/mol. The average molecular weight is 327 g/mol. The van der Waals surface area contributed by atoms with Crippen LogP contribution in [0.15, 0.2) is 48.9 Å². The highest BCUT2D eigenvalue weighted by molar-refractivity contribution is 6.06. The fourth-order valence-electron chi connectivity index (χ4n) is 2.64. The van der Waals surface area contributed by atoms with Crippen molar-refractivity contribution in [2.75, 3.05) is 12.0 Å². The topological polar surface area (TPSA) is 46.8 Å². The number of halogens is 1. The van der Waals surface area contributed by atoms with Crippen LogP contribution in [0.3, 0.4) is 0 Å². The number of benzene rings is 1. The van der Waals surface area contributed by atoms with E-state index in [9.17, 15) is 9.18 Å². The Labute approximate surface area is 139 Å². The molecule has 0 fully saturated rings. The SMILES string of the molecule is COc1ccc(N(C(=O)c2ccc3nccn3c2)C(C)C)cc1F. The second-order valence-electron chi connectivity index (χ2n) is 5.70. The third-order valence-corrected chi connectivity index (χ3v) is 3.78. The summed E-state index contributed by atoms with van der Waals surface area (Å²) in [5, 5.41) is 0. The first kappa shape index (κ1) is 16.0. The van der Waals surface area contributed by atoms with Crippen molar-refractivity contribution in [1.82, 2.24) is 9.38 Å². The molecule has 0 saturated carbocycles. The van der Waals surface area contributed by atoms with Gasteiger partial charge in [-0.25, -0.2) is 9.37 Å². The van der Waals surface area contributed by atoms with Gasteiger partial charge < -0.3 is 14.0 Å². The maximum absolute atomic E-state index is 14.0. The summed E-state index contributed by atoms with van der Waals surface area (Å²) < 4.78 is 20.7. The molecule has 0 bridgehead atoms. The van der Waals surface area contributed by atoms with Gasteiger partial charge in [0, 0.05) is 36.4 Å². The van der Waals surface area contributed by atoms with E-state index in [2.05, 4.69) is 4.98 Å². The molecule has 1 amide bonds. The number of amides is 1. The van der Waals surface area contributed by atoms with E-state index in [4.69, 9.17) is 4.74 Å². The average Bonchev–Trinajstić information content (AvgIpc) is 3.02. The van der Waals surface area contributed by atoms with Crippen molar-refractivity contribution in [1.29, 1.82) is 0 Å². The van der Waals surface area contributed by atoms with E-state index in [0.29, 0.717) is 11.3 Å². The van der Waals surface area contributed by atoms with Crippen LogP contribution in [-0.2, 0) is 0 Å². The number of methoxy groups -OCH3 is 1. The summed E-state index contributed by atoms with van der Waals surface area (Å²) >= 11 is 0. The van der Waals surface area contributed by atoms with Gasteiger partial charge in [-0.05, 0) is 38.1 Å². The largest absolute Gasteiger partial charge is 0.494 e. The fourth-order valence-corrected chi connectivity index (χ4v) is 2.64. The smallest absolute Gasteiger partial charge is 0.260 e. The third kappa shape index (κ3) is 2.82. The number of rotatable bonds is 4. The molecule has 0 aliphatic carbocycles. The monoisotopic (exact) mass is 327 g/mol. The first-order valence-electron chi connectivity index (χ1n) is 7.61. The number of pyridine rings is 1. The van der Waals surface area contributed by atoms with Gasteiger partial charge in [0.15, 0.2) is 11.6 Å². The van der Waals surface area contributed by atoms with Gasteiger partial charge >= 0.3 is 0 Å². The van der Waals surface area contributed by atoms with E-state index >= 15 is 0 Å². The van der Waals surface area contributed by atoms with E-state index in [-0.39, 0.29) is 17.7 Å². The maximum atomic E-state index is 14.0. The first-order valence-corrected chi connectivity index (χ1v) is 7.61. The molecule has 0 radical (unpaired) electrons. The Morgan fingerprint density at radius 3 is 2.75 bits per heavy atom. The molecule has 24 heavy (non-hydrogen) atoms. The lowest BCUT2D eigenvalue weighted by atomic mass is 10.1. The number of aromatic nitrogens is 2. The van der Waals surface area contributed by atoms with E-state index in [1.165, 1.54) is 19.2 Å². The zero-order valence-electron chi connectivity index (χ0n) is 13.7. The molecule has 2 heterocycles. The summed E-state index contributed by atoms with van der Waals surface area (Å²) in [6, 6.07) is 7.87. The van der Waals surface area contributed by atoms with Crippen LogP contribution >= 0.6 is 0 Å². The molecule has 5 nitrogen and oxygen atoms in total. The van der Waals surface area contributed by atoms with Crippen LogP contribution in [0, 0.1) is 5.82 Å². The van der Waals surface area contributed by atoms with Crippen molar-refractivity contribution in [3.63, 3.8) is 0 Å². The number of ether oxygens (including phenoxy) is 1. The Morgan fingerprint density at radius 2 is 2.08 bits per heavy atom. The highest BCUT2D eigenvalue weighted by Gasteiger charge is 2.22. The van der Waals surface area contributed by atoms with Crippen LogP contribution in [0.1, 0.15) is 24.2 Å². The zero-order valence-corrected chi connectivity index (χ0v) is 13.7. The van der Waals surface area contributed by atoms with Gasteiger partial charge in [-0.2, -0.15) is 0 Å². The van der Waals surface area contributed by atoms with Crippen molar-refractivity contribution < 1.29 is 13.9 Å². The molecule has 3 aromatic rings. The van der Waals surface area contributed by atoms with Crippen molar-refractivity contribution >= 4 is 17.2 Å². The molecule has 0 unspecified atom stereocenters. The summed E-state index contributed by atoms with van der Waals surface area (Å²) in [5.74, 6) is -0.557. The van der Waals surface area contributed by atoms with Crippen LogP contribution < -0.4 is 9.64 Å². The summed E-state index contributed by atoms with van der Waals surface area (Å²) in [6.45, 7) is 3.77. The van der Waals surface area contributed by atoms with Gasteiger partial charge in [-0.3, -0.25) is 4.79 Å². The number of carbonyl (C=O) groups is 1. The van der Waals surface area contributed by atoms with Crippen LogP contribution in [0.2, 0.25) is 0 Å². The van der Waals surface area contributed by atoms with Crippen molar-refractivity contribution in [3.8, 4) is 5.75 Å². The minimum absolute atomic E-state index is 0.135. The molecule has 0 saturated heterocycles. The number of anilines is 1. The summed E-state index contributed by atoms with van der Waals surface area (Å²) in [4.78, 5) is 18.7. The van der Waals surface area contributed by atoms with Gasteiger partial charge in [0.05, 0.1) is 12.7 Å². The van der Waals surface area contributed by atoms with E-state index in [1.54, 1.807) is 46.1 Å². The van der Waals surface area contributed by atoms with Gasteiger partial charge in [-0.15, -0.1) is 0 Å². The predicted octanol–water partition coefficient (Wildman–Crippen LogP) is 3.54. The molecule has 0 aliphatic rings. The number of fused-ring (bicyclic) bond motifs is 1. The van der Waals surface area contributed by atoms with Crippen LogP contribution in [0.4, 0.5) is 10.1 Å². The molecule has 3 rings (SSSR count). The fraction of sp³-hybridized carbons (Fsp3) is 0.222. The number of hydrogen-bond donors (Lipinski definition) is 0. The predicted molar refractivity (Wildman–Crippen MR) is 90.1 cm³/mol. The molecule has 2 aromatic heterocycles. The van der Waals surface area contributed by atoms with E-state index < -0.39 is 5.82 Å². The van der Waals surface area contributed by atoms with Crippen LogP contribution in [-0.4, -0.2) is 28.4 Å². The second-order valence-corrected chi connectivity index (χ2v) is 5.70. The Morgan fingerprint density at radius 1 is 1.29 bits per heavy atom. The quantitative estimate of drug-likeness (QED) is 0.736. The number of imidazole rings is 1. The van der Waals surface area contributed by atoms with Gasteiger partial charge in [-0.1, -0.05) is 0 Å². The lowest BCUT2D eigenvalue weighted by Gasteiger charge is -2.27. The normalized spacial score (nSPS) is 11.0. The highest BCUT2D eigenvalue weighted by atomic mass is 19.1. The van der Waals surface area contributed by atoms with Gasteiger partial charge in [0.25, 0.3) is 5.91 Å². The van der Waals surface area contributed by atoms with Gasteiger partial charge in [0.2, 0.25) is 0 Å². The van der Waals surface area contributed by atoms with E-state index in [0.717, 1.165) is 5.65 Å². The Bertz CT molecular complexity index is 889. The Kier molecular flexibility index (Phi) is 4.20. The first-order chi connectivity index (χ1) is 11.5. The van der Waals surface area contributed by atoms with Crippen LogP contribution in [0.5, 0.6) is 5.75 Å². The lowest BCUT2D eigenvalue weighted by molar-refractivity contribution is 0.0980. The maximum Gasteiger partial charge on any atom is 0.260 e. The molecule has 6 heteroatoms. The van der Waals surface area contributed by atoms with Crippen LogP contribution in [0.25, 0.3) is 5.65 Å². The second kappa shape index (κ2) is 6.31. The number of carbonyl (C=O) groups excluding carboxylic acids is 1. The highest BCUT2D eigenvalue weighted by Crippen LogP contribution is 2.26. The zero-order chi connectivity index (χ0) is 17.3. The lowest BCUT2D eigenvalue weighted by Crippen LogP contribution is -2.37. The summed E-state index contributed by atoms with van der Waals surface area (Å²) in [6.07, 6.45) is 5.17. The Hall–Kier alpha value is -2.89. The minimum atomic E-state index is -0.501. The van der Waals surface area contributed by atoms with Gasteiger partial charge in [0.1, 0.15) is 5.65 Å². The Balaban J connectivity index is 2.00. The van der Waals surface area contributed by atoms with Crippen molar-refractivity contribution in [2.45, 2.75) is 19.9 Å². The standard InChI is InChI=1S/C18H18FN3O2/c1-12(2)22(14-5-6-16(24-3)15(19)10-14)18(23)13-4-7-17-20-8-9-21(17)11-13/h4-12H,1-3H3. The molecule has 0 spiro atoms. The van der Waals surface area contributed by atoms with Crippen molar-refractivity contribution in [2.24, 2.45) is 0 Å². The number of nitrogens with zero attached hydrogens (tertiary/aromatic N) is 3. The number of hydrogen-bond acceptors (Lipinski definition) is 3. The van der Waals surface area contributed by atoms with Crippen molar-refractivity contribution in [3.05, 3.63) is 60.3 Å². The molecule has 0 N–H and O–H groups in total.